The SMILES string of the molecule is CC(C)C[C@@H](C(=O)O)N(C)C(=O)OCc1ccc([N+](=O)[O-])cc1. The van der Waals surface area contributed by atoms with Gasteiger partial charge < -0.3 is 9.84 Å². The minimum atomic E-state index is -1.09. The van der Waals surface area contributed by atoms with Crippen LogP contribution in [0.3, 0.4) is 0 Å². The number of rotatable bonds is 7. The molecule has 0 aliphatic heterocycles. The van der Waals surface area contributed by atoms with Gasteiger partial charge in [-0.25, -0.2) is 9.59 Å². The van der Waals surface area contributed by atoms with Gasteiger partial charge in [0.2, 0.25) is 0 Å². The number of carbonyl (C=O) groups is 2. The third-order valence-corrected chi connectivity index (χ3v) is 3.24. The number of carboxylic acids is 1. The van der Waals surface area contributed by atoms with Crippen molar-refractivity contribution in [2.75, 3.05) is 7.05 Å². The predicted octanol–water partition coefficient (Wildman–Crippen LogP) is 2.66. The molecule has 0 aliphatic rings. The van der Waals surface area contributed by atoms with Gasteiger partial charge >= 0.3 is 12.1 Å². The second-order valence-corrected chi connectivity index (χ2v) is 5.57. The first-order valence-electron chi connectivity index (χ1n) is 7.08. The first-order chi connectivity index (χ1) is 10.7. The number of non-ortho nitro benzene ring substituents is 1. The fraction of sp³-hybridized carbons (Fsp3) is 0.467. The quantitative estimate of drug-likeness (QED) is 0.610. The van der Waals surface area contributed by atoms with Crippen molar-refractivity contribution >= 4 is 17.7 Å². The zero-order valence-corrected chi connectivity index (χ0v) is 13.3. The molecule has 0 aliphatic carbocycles. The van der Waals surface area contributed by atoms with E-state index in [-0.39, 0.29) is 18.2 Å². The van der Waals surface area contributed by atoms with E-state index in [2.05, 4.69) is 0 Å². The Morgan fingerprint density at radius 2 is 1.87 bits per heavy atom. The molecule has 1 rings (SSSR count). The van der Waals surface area contributed by atoms with Gasteiger partial charge in [0.05, 0.1) is 4.92 Å². The van der Waals surface area contributed by atoms with E-state index in [1.165, 1.54) is 31.3 Å². The van der Waals surface area contributed by atoms with Crippen molar-refractivity contribution in [2.45, 2.75) is 32.9 Å². The van der Waals surface area contributed by atoms with Gasteiger partial charge in [0.15, 0.2) is 0 Å². The summed E-state index contributed by atoms with van der Waals surface area (Å²) in [6.45, 7) is 3.65. The summed E-state index contributed by atoms with van der Waals surface area (Å²) in [5.41, 5.74) is 0.521. The Balaban J connectivity index is 2.63. The molecular weight excluding hydrogens is 304 g/mol. The van der Waals surface area contributed by atoms with Gasteiger partial charge in [-0.1, -0.05) is 13.8 Å². The van der Waals surface area contributed by atoms with Crippen LogP contribution in [-0.2, 0) is 16.1 Å². The fourth-order valence-electron chi connectivity index (χ4n) is 1.96. The number of carboxylic acid groups (broad SMARTS) is 1. The van der Waals surface area contributed by atoms with E-state index in [0.717, 1.165) is 4.90 Å². The molecule has 0 heterocycles. The van der Waals surface area contributed by atoms with Gasteiger partial charge in [0, 0.05) is 19.2 Å². The summed E-state index contributed by atoms with van der Waals surface area (Å²) in [7, 11) is 1.37. The number of nitro benzene ring substituents is 1. The molecule has 0 unspecified atom stereocenters. The van der Waals surface area contributed by atoms with Gasteiger partial charge in [-0.2, -0.15) is 0 Å². The summed E-state index contributed by atoms with van der Waals surface area (Å²) in [4.78, 5) is 34.3. The average Bonchev–Trinajstić information content (AvgIpc) is 2.49. The molecule has 1 amide bonds. The molecule has 1 N–H and O–H groups in total. The zero-order chi connectivity index (χ0) is 17.6. The van der Waals surface area contributed by atoms with Crippen LogP contribution in [-0.4, -0.2) is 40.1 Å². The van der Waals surface area contributed by atoms with E-state index in [9.17, 15) is 24.8 Å². The van der Waals surface area contributed by atoms with Crippen LogP contribution >= 0.6 is 0 Å². The third kappa shape index (κ3) is 5.57. The number of ether oxygens (including phenoxy) is 1. The lowest BCUT2D eigenvalue weighted by Crippen LogP contribution is -2.43. The highest BCUT2D eigenvalue weighted by molar-refractivity contribution is 5.79. The number of benzene rings is 1. The minimum absolute atomic E-state index is 0.0555. The second kappa shape index (κ2) is 8.11. The molecule has 1 aromatic carbocycles. The maximum atomic E-state index is 12.0. The molecule has 0 saturated carbocycles. The fourth-order valence-corrected chi connectivity index (χ4v) is 1.96. The number of hydrogen-bond acceptors (Lipinski definition) is 5. The molecule has 0 aromatic heterocycles. The van der Waals surface area contributed by atoms with Crippen molar-refractivity contribution in [1.82, 2.24) is 4.90 Å². The summed E-state index contributed by atoms with van der Waals surface area (Å²) in [6, 6.07) is 4.62. The van der Waals surface area contributed by atoms with Crippen molar-refractivity contribution in [3.63, 3.8) is 0 Å². The van der Waals surface area contributed by atoms with Gasteiger partial charge in [-0.3, -0.25) is 15.0 Å². The number of likely N-dealkylation sites (N-methyl/N-ethyl adjacent to an activating group) is 1. The molecule has 126 valence electrons. The van der Waals surface area contributed by atoms with Crippen molar-refractivity contribution in [1.29, 1.82) is 0 Å². The Hall–Kier alpha value is -2.64. The molecule has 0 spiro atoms. The third-order valence-electron chi connectivity index (χ3n) is 3.24. The molecule has 1 atom stereocenters. The number of carbonyl (C=O) groups excluding carboxylic acids is 1. The van der Waals surface area contributed by atoms with E-state index in [4.69, 9.17) is 4.74 Å². The van der Waals surface area contributed by atoms with E-state index in [1.807, 2.05) is 13.8 Å². The lowest BCUT2D eigenvalue weighted by molar-refractivity contribution is -0.384. The topological polar surface area (TPSA) is 110 Å². The van der Waals surface area contributed by atoms with E-state index >= 15 is 0 Å². The van der Waals surface area contributed by atoms with Crippen molar-refractivity contribution < 1.29 is 24.4 Å². The zero-order valence-electron chi connectivity index (χ0n) is 13.3. The maximum absolute atomic E-state index is 12.0. The van der Waals surface area contributed by atoms with Gasteiger partial charge in [-0.15, -0.1) is 0 Å². The Bertz CT molecular complexity index is 570. The van der Waals surface area contributed by atoms with Crippen LogP contribution < -0.4 is 0 Å². The van der Waals surface area contributed by atoms with Crippen LogP contribution in [0.25, 0.3) is 0 Å². The summed E-state index contributed by atoms with van der Waals surface area (Å²) in [6.07, 6.45) is -0.435. The van der Waals surface area contributed by atoms with E-state index in [0.29, 0.717) is 12.0 Å². The molecule has 0 radical (unpaired) electrons. The maximum Gasteiger partial charge on any atom is 0.410 e. The average molecular weight is 324 g/mol. The standard InChI is InChI=1S/C15H20N2O6/c1-10(2)8-13(14(18)19)16(3)15(20)23-9-11-4-6-12(7-5-11)17(21)22/h4-7,10,13H,8-9H2,1-3H3,(H,18,19)/t13-/m0/s1. The number of aliphatic carboxylic acids is 1. The minimum Gasteiger partial charge on any atom is -0.480 e. The van der Waals surface area contributed by atoms with Gasteiger partial charge in [0.1, 0.15) is 12.6 Å². The van der Waals surface area contributed by atoms with Crippen LogP contribution in [0.4, 0.5) is 10.5 Å². The van der Waals surface area contributed by atoms with Crippen LogP contribution in [0.2, 0.25) is 0 Å². The van der Waals surface area contributed by atoms with Gasteiger partial charge in [-0.05, 0) is 30.0 Å². The molecular formula is C15H20N2O6. The number of nitrogens with zero attached hydrogens (tertiary/aromatic N) is 2. The highest BCUT2D eigenvalue weighted by Crippen LogP contribution is 2.15. The Kier molecular flexibility index (Phi) is 6.49. The lowest BCUT2D eigenvalue weighted by atomic mass is 10.0. The van der Waals surface area contributed by atoms with Crippen LogP contribution in [0.1, 0.15) is 25.8 Å². The summed E-state index contributed by atoms with van der Waals surface area (Å²) < 4.78 is 5.06. The smallest absolute Gasteiger partial charge is 0.410 e. The van der Waals surface area contributed by atoms with Crippen molar-refractivity contribution in [2.24, 2.45) is 5.92 Å². The number of hydrogen-bond donors (Lipinski definition) is 1. The normalized spacial score (nSPS) is 11.8. The second-order valence-electron chi connectivity index (χ2n) is 5.57. The van der Waals surface area contributed by atoms with Crippen LogP contribution in [0.5, 0.6) is 0 Å². The summed E-state index contributed by atoms with van der Waals surface area (Å²) in [5, 5.41) is 19.7. The summed E-state index contributed by atoms with van der Waals surface area (Å²) in [5.74, 6) is -0.977. The Morgan fingerprint density at radius 3 is 2.30 bits per heavy atom. The largest absolute Gasteiger partial charge is 0.480 e. The molecule has 0 bridgehead atoms. The first-order valence-corrected chi connectivity index (χ1v) is 7.08. The lowest BCUT2D eigenvalue weighted by Gasteiger charge is -2.25. The number of nitro groups is 1. The van der Waals surface area contributed by atoms with Crippen molar-refractivity contribution in [3.8, 4) is 0 Å². The monoisotopic (exact) mass is 324 g/mol. The molecule has 1 aromatic rings. The van der Waals surface area contributed by atoms with E-state index in [1.54, 1.807) is 0 Å². The van der Waals surface area contributed by atoms with E-state index < -0.39 is 23.0 Å². The van der Waals surface area contributed by atoms with Crippen molar-refractivity contribution in [3.05, 3.63) is 39.9 Å². The van der Waals surface area contributed by atoms with Crippen LogP contribution in [0, 0.1) is 16.0 Å². The molecule has 8 nitrogen and oxygen atoms in total. The molecule has 8 heteroatoms. The Morgan fingerprint density at radius 1 is 1.30 bits per heavy atom. The number of amides is 1. The van der Waals surface area contributed by atoms with Crippen LogP contribution in [0.15, 0.2) is 24.3 Å². The highest BCUT2D eigenvalue weighted by Gasteiger charge is 2.28. The Labute approximate surface area is 133 Å². The molecule has 0 fully saturated rings. The highest BCUT2D eigenvalue weighted by atomic mass is 16.6. The van der Waals surface area contributed by atoms with Gasteiger partial charge in [0.25, 0.3) is 5.69 Å². The summed E-state index contributed by atoms with van der Waals surface area (Å²) >= 11 is 0. The molecule has 23 heavy (non-hydrogen) atoms. The molecule has 0 saturated heterocycles. The first kappa shape index (κ1) is 18.4. The predicted molar refractivity (Wildman–Crippen MR) is 81.9 cm³/mol.